The molecule has 0 fully saturated rings. The van der Waals surface area contributed by atoms with Crippen LogP contribution in [-0.2, 0) is 12.0 Å². The topological polar surface area (TPSA) is 40.5 Å². The van der Waals surface area contributed by atoms with E-state index in [4.69, 9.17) is 0 Å². The van der Waals surface area contributed by atoms with Crippen LogP contribution in [0.5, 0.6) is 5.75 Å². The molecular weight excluding hydrogens is 292 g/mol. The predicted octanol–water partition coefficient (Wildman–Crippen LogP) is 3.60. The maximum absolute atomic E-state index is 10.6. The average Bonchev–Trinajstić information content (AvgIpc) is 2.28. The molecule has 2 N–H and O–H groups in total. The molecule has 94 valence electrons. The summed E-state index contributed by atoms with van der Waals surface area (Å²) in [5.74, 6) is 0.218. The molecular formula is C15H15BrO2. The van der Waals surface area contributed by atoms with Crippen LogP contribution >= 0.6 is 15.9 Å². The summed E-state index contributed by atoms with van der Waals surface area (Å²) in [7, 11) is 0. The van der Waals surface area contributed by atoms with Gasteiger partial charge in [-0.1, -0.05) is 46.3 Å². The molecule has 0 aliphatic carbocycles. The van der Waals surface area contributed by atoms with Gasteiger partial charge in [-0.05, 0) is 36.2 Å². The van der Waals surface area contributed by atoms with Crippen LogP contribution in [0.4, 0.5) is 0 Å². The summed E-state index contributed by atoms with van der Waals surface area (Å²) in [5.41, 5.74) is 0.762. The number of aromatic hydroxyl groups is 1. The van der Waals surface area contributed by atoms with E-state index < -0.39 is 5.60 Å². The van der Waals surface area contributed by atoms with Gasteiger partial charge in [0.25, 0.3) is 0 Å². The Morgan fingerprint density at radius 3 is 2.50 bits per heavy atom. The van der Waals surface area contributed by atoms with E-state index in [2.05, 4.69) is 15.9 Å². The minimum absolute atomic E-state index is 0.218. The van der Waals surface area contributed by atoms with Crippen LogP contribution in [0.25, 0.3) is 0 Å². The van der Waals surface area contributed by atoms with Gasteiger partial charge in [0, 0.05) is 10.9 Å². The third-order valence-corrected chi connectivity index (χ3v) is 3.60. The molecule has 2 aromatic carbocycles. The van der Waals surface area contributed by atoms with Crippen LogP contribution < -0.4 is 0 Å². The van der Waals surface area contributed by atoms with Crippen molar-refractivity contribution in [1.82, 2.24) is 0 Å². The fourth-order valence-corrected chi connectivity index (χ4v) is 2.77. The highest BCUT2D eigenvalue weighted by Crippen LogP contribution is 2.31. The number of aliphatic hydroxyl groups is 1. The van der Waals surface area contributed by atoms with Gasteiger partial charge < -0.3 is 10.2 Å². The third-order valence-electron chi connectivity index (χ3n) is 2.91. The summed E-state index contributed by atoms with van der Waals surface area (Å²) in [4.78, 5) is 0. The van der Waals surface area contributed by atoms with Crippen molar-refractivity contribution >= 4 is 15.9 Å². The van der Waals surface area contributed by atoms with Crippen LogP contribution in [0.15, 0.2) is 53.0 Å². The van der Waals surface area contributed by atoms with E-state index in [0.717, 1.165) is 15.6 Å². The van der Waals surface area contributed by atoms with Gasteiger partial charge in [-0.2, -0.15) is 0 Å². The molecule has 18 heavy (non-hydrogen) atoms. The minimum atomic E-state index is -0.978. The van der Waals surface area contributed by atoms with Crippen molar-refractivity contribution < 1.29 is 10.2 Å². The quantitative estimate of drug-likeness (QED) is 0.909. The zero-order valence-corrected chi connectivity index (χ0v) is 11.7. The molecule has 0 bridgehead atoms. The second-order valence-electron chi connectivity index (χ2n) is 4.60. The van der Waals surface area contributed by atoms with Gasteiger partial charge in [-0.25, -0.2) is 0 Å². The molecule has 0 heterocycles. The van der Waals surface area contributed by atoms with E-state index in [1.165, 1.54) is 0 Å². The van der Waals surface area contributed by atoms with Crippen LogP contribution in [0.1, 0.15) is 18.1 Å². The highest BCUT2D eigenvalue weighted by Gasteiger charge is 2.25. The minimum Gasteiger partial charge on any atom is -0.508 e. The largest absolute Gasteiger partial charge is 0.508 e. The Labute approximate surface area is 115 Å². The van der Waals surface area contributed by atoms with Crippen molar-refractivity contribution in [3.8, 4) is 5.75 Å². The molecule has 2 aromatic rings. The number of phenolic OH excluding ortho intramolecular Hbond substituents is 1. The number of hydrogen-bond donors (Lipinski definition) is 2. The lowest BCUT2D eigenvalue weighted by molar-refractivity contribution is 0.0568. The smallest absolute Gasteiger partial charge is 0.115 e. The highest BCUT2D eigenvalue weighted by atomic mass is 79.9. The lowest BCUT2D eigenvalue weighted by Gasteiger charge is -2.25. The zero-order chi connectivity index (χ0) is 13.2. The summed E-state index contributed by atoms with van der Waals surface area (Å²) in [6, 6.07) is 14.6. The van der Waals surface area contributed by atoms with E-state index in [1.807, 2.05) is 30.3 Å². The van der Waals surface area contributed by atoms with Gasteiger partial charge in [0.05, 0.1) is 5.60 Å². The molecule has 0 amide bonds. The standard InChI is InChI=1S/C15H15BrO2/c1-15(18,13-7-2-3-8-14(13)16)10-11-5-4-6-12(17)9-11/h2-9,17-18H,10H2,1H3. The van der Waals surface area contributed by atoms with E-state index in [-0.39, 0.29) is 5.75 Å². The average molecular weight is 307 g/mol. The van der Waals surface area contributed by atoms with Gasteiger partial charge in [0.1, 0.15) is 5.75 Å². The monoisotopic (exact) mass is 306 g/mol. The SMILES string of the molecule is CC(O)(Cc1cccc(O)c1)c1ccccc1Br. The number of halogens is 1. The maximum Gasteiger partial charge on any atom is 0.115 e. The summed E-state index contributed by atoms with van der Waals surface area (Å²) in [5, 5.41) is 20.0. The van der Waals surface area contributed by atoms with Crippen molar-refractivity contribution in [2.45, 2.75) is 18.9 Å². The van der Waals surface area contributed by atoms with Crippen molar-refractivity contribution in [2.24, 2.45) is 0 Å². The molecule has 0 aliphatic rings. The Morgan fingerprint density at radius 2 is 1.83 bits per heavy atom. The van der Waals surface area contributed by atoms with Gasteiger partial charge in [0.15, 0.2) is 0 Å². The molecule has 0 aliphatic heterocycles. The van der Waals surface area contributed by atoms with E-state index in [1.54, 1.807) is 25.1 Å². The first kappa shape index (κ1) is 13.1. The van der Waals surface area contributed by atoms with Crippen molar-refractivity contribution in [3.63, 3.8) is 0 Å². The Kier molecular flexibility index (Phi) is 3.73. The van der Waals surface area contributed by atoms with Crippen molar-refractivity contribution in [2.75, 3.05) is 0 Å². The zero-order valence-electron chi connectivity index (χ0n) is 10.1. The van der Waals surface area contributed by atoms with Crippen molar-refractivity contribution in [1.29, 1.82) is 0 Å². The maximum atomic E-state index is 10.6. The van der Waals surface area contributed by atoms with Crippen LogP contribution in [0.2, 0.25) is 0 Å². The second kappa shape index (κ2) is 5.12. The molecule has 0 radical (unpaired) electrons. The number of hydrogen-bond acceptors (Lipinski definition) is 2. The summed E-state index contributed by atoms with van der Waals surface area (Å²) in [6.45, 7) is 1.77. The van der Waals surface area contributed by atoms with E-state index in [0.29, 0.717) is 6.42 Å². The first-order valence-electron chi connectivity index (χ1n) is 5.74. The molecule has 0 spiro atoms. The van der Waals surface area contributed by atoms with Crippen LogP contribution in [0, 0.1) is 0 Å². The fraction of sp³-hybridized carbons (Fsp3) is 0.200. The van der Waals surface area contributed by atoms with Crippen LogP contribution in [0.3, 0.4) is 0 Å². The predicted molar refractivity (Wildman–Crippen MR) is 75.5 cm³/mol. The molecule has 3 heteroatoms. The number of phenols is 1. The Hall–Kier alpha value is -1.32. The molecule has 2 nitrogen and oxygen atoms in total. The summed E-state index contributed by atoms with van der Waals surface area (Å²) < 4.78 is 0.884. The lowest BCUT2D eigenvalue weighted by Crippen LogP contribution is -2.24. The van der Waals surface area contributed by atoms with Gasteiger partial charge in [0.2, 0.25) is 0 Å². The third kappa shape index (κ3) is 2.92. The lowest BCUT2D eigenvalue weighted by atomic mass is 9.89. The number of benzene rings is 2. The summed E-state index contributed by atoms with van der Waals surface area (Å²) >= 11 is 3.45. The Morgan fingerprint density at radius 1 is 1.11 bits per heavy atom. The fourth-order valence-electron chi connectivity index (χ4n) is 2.06. The molecule has 0 saturated carbocycles. The molecule has 1 unspecified atom stereocenters. The van der Waals surface area contributed by atoms with Gasteiger partial charge >= 0.3 is 0 Å². The first-order chi connectivity index (χ1) is 8.49. The Balaban J connectivity index is 2.30. The van der Waals surface area contributed by atoms with Crippen molar-refractivity contribution in [3.05, 3.63) is 64.1 Å². The highest BCUT2D eigenvalue weighted by molar-refractivity contribution is 9.10. The van der Waals surface area contributed by atoms with Crippen LogP contribution in [-0.4, -0.2) is 10.2 Å². The van der Waals surface area contributed by atoms with Gasteiger partial charge in [-0.3, -0.25) is 0 Å². The Bertz CT molecular complexity index is 550. The second-order valence-corrected chi connectivity index (χ2v) is 5.45. The molecule has 0 saturated heterocycles. The van der Waals surface area contributed by atoms with Gasteiger partial charge in [-0.15, -0.1) is 0 Å². The molecule has 2 rings (SSSR count). The number of rotatable bonds is 3. The van der Waals surface area contributed by atoms with E-state index >= 15 is 0 Å². The van der Waals surface area contributed by atoms with E-state index in [9.17, 15) is 10.2 Å². The molecule has 1 atom stereocenters. The molecule has 0 aromatic heterocycles. The normalized spacial score (nSPS) is 14.2. The summed E-state index contributed by atoms with van der Waals surface area (Å²) in [6.07, 6.45) is 0.448. The first-order valence-corrected chi connectivity index (χ1v) is 6.54.